The standard InChI is InChI=1S/C80H59N5O2/c1-79(2,3)51-39-40-81-76(44-51)85-71-31-15-11-25-61(71)62-37-35-55(47-72(62)85)86-54-20-17-19-52(45-54)82-48-83-77-64(27-18-28-68(77)80(4,5)6)65-46-53(84-69-29-13-9-23-59(69)60-24-10-14-30-70(60)84)34-36-58(65)56-21-7-8-22-57(56)67-42-50(43-73(82)78(67)83)49-33-38-75-66(41-49)63-26-12-16-32-74(63)87-75/h7-47H,1-6H3. The first-order valence-electron chi connectivity index (χ1n) is 30.0. The third-order valence-corrected chi connectivity index (χ3v) is 18.0. The fourth-order valence-electron chi connectivity index (χ4n) is 13.8. The molecule has 7 nitrogen and oxygen atoms in total. The van der Waals surface area contributed by atoms with E-state index in [0.29, 0.717) is 5.75 Å². The third-order valence-electron chi connectivity index (χ3n) is 18.0. The normalized spacial score (nSPS) is 12.5. The second-order valence-corrected chi connectivity index (χ2v) is 25.4. The van der Waals surface area contributed by atoms with E-state index in [0.717, 1.165) is 128 Å². The molecule has 1 aliphatic rings. The largest absolute Gasteiger partial charge is 0.458 e. The second-order valence-electron chi connectivity index (χ2n) is 25.4. The summed E-state index contributed by atoms with van der Waals surface area (Å²) in [7, 11) is 0. The van der Waals surface area contributed by atoms with Crippen LogP contribution in [0, 0.1) is 6.33 Å². The highest BCUT2D eigenvalue weighted by Gasteiger charge is 2.31. The van der Waals surface area contributed by atoms with Crippen LogP contribution in [-0.2, 0) is 10.8 Å². The Kier molecular flexibility index (Phi) is 11.0. The summed E-state index contributed by atoms with van der Waals surface area (Å²) in [6.45, 7) is 13.7. The van der Waals surface area contributed by atoms with Crippen molar-refractivity contribution in [3.8, 4) is 78.9 Å². The molecule has 0 amide bonds. The van der Waals surface area contributed by atoms with Crippen molar-refractivity contribution in [1.82, 2.24) is 18.7 Å². The van der Waals surface area contributed by atoms with Gasteiger partial charge in [-0.25, -0.2) is 4.98 Å². The summed E-state index contributed by atoms with van der Waals surface area (Å²) in [5.41, 5.74) is 22.4. The number of benzene rings is 11. The number of nitrogens with zero attached hydrogens (tertiary/aromatic N) is 5. The Balaban J connectivity index is 0.908. The zero-order chi connectivity index (χ0) is 58.4. The molecule has 0 saturated carbocycles. The quantitative estimate of drug-likeness (QED) is 0.123. The van der Waals surface area contributed by atoms with Gasteiger partial charge in [0.1, 0.15) is 28.5 Å². The lowest BCUT2D eigenvalue weighted by Crippen LogP contribution is -2.35. The minimum absolute atomic E-state index is 0.0481. The maximum Gasteiger partial charge on any atom is 0.269 e. The van der Waals surface area contributed by atoms with Crippen molar-refractivity contribution in [1.29, 1.82) is 0 Å². The summed E-state index contributed by atoms with van der Waals surface area (Å²) in [6, 6.07) is 87.9. The van der Waals surface area contributed by atoms with Crippen LogP contribution >= 0.6 is 0 Å². The number of ether oxygens (including phenoxy) is 1. The minimum atomic E-state index is -0.277. The Morgan fingerprint density at radius 3 is 1.78 bits per heavy atom. The van der Waals surface area contributed by atoms with Gasteiger partial charge in [-0.3, -0.25) is 13.7 Å². The fraction of sp³-hybridized carbons (Fsp3) is 0.100. The molecule has 0 bridgehead atoms. The number of furan rings is 1. The predicted octanol–water partition coefficient (Wildman–Crippen LogP) is 20.6. The summed E-state index contributed by atoms with van der Waals surface area (Å²) in [5, 5.41) is 6.92. The average molecular weight is 1120 g/mol. The predicted molar refractivity (Wildman–Crippen MR) is 357 cm³/mol. The second kappa shape index (κ2) is 18.9. The van der Waals surface area contributed by atoms with E-state index >= 15 is 0 Å². The highest BCUT2D eigenvalue weighted by molar-refractivity contribution is 6.12. The summed E-state index contributed by atoms with van der Waals surface area (Å²) in [4.78, 5) is 4.96. The van der Waals surface area contributed by atoms with E-state index in [1.54, 1.807) is 0 Å². The summed E-state index contributed by atoms with van der Waals surface area (Å²) in [6.07, 6.45) is 6.04. The molecule has 0 spiro atoms. The van der Waals surface area contributed by atoms with Gasteiger partial charge in [-0.2, -0.15) is 0 Å². The number of rotatable bonds is 6. The van der Waals surface area contributed by atoms with Gasteiger partial charge >= 0.3 is 0 Å². The lowest BCUT2D eigenvalue weighted by molar-refractivity contribution is -0.572. The Morgan fingerprint density at radius 1 is 0.402 bits per heavy atom. The van der Waals surface area contributed by atoms with Crippen LogP contribution in [0.25, 0.3) is 144 Å². The lowest BCUT2D eigenvalue weighted by Gasteiger charge is -2.26. The molecule has 0 aliphatic carbocycles. The number of fused-ring (bicyclic) bond motifs is 16. The molecule has 1 aliphatic heterocycles. The summed E-state index contributed by atoms with van der Waals surface area (Å²) >= 11 is 0. The molecule has 0 saturated heterocycles. The van der Waals surface area contributed by atoms with Crippen molar-refractivity contribution < 1.29 is 13.7 Å². The number of hydrogen-bond donors (Lipinski definition) is 0. The van der Waals surface area contributed by atoms with Gasteiger partial charge in [0.15, 0.2) is 0 Å². The maximum absolute atomic E-state index is 7.04. The van der Waals surface area contributed by atoms with Gasteiger partial charge in [-0.1, -0.05) is 181 Å². The molecule has 5 aromatic heterocycles. The minimum Gasteiger partial charge on any atom is -0.458 e. The highest BCUT2D eigenvalue weighted by atomic mass is 16.5. The van der Waals surface area contributed by atoms with Crippen molar-refractivity contribution in [3.63, 3.8) is 0 Å². The van der Waals surface area contributed by atoms with Gasteiger partial charge in [-0.15, -0.1) is 0 Å². The Hall–Kier alpha value is -10.8. The van der Waals surface area contributed by atoms with Crippen LogP contribution in [0.4, 0.5) is 0 Å². The SMILES string of the molecule is CC(C)(C)c1ccnc(-n2c3ccccc3c3ccc(Oc4cccc(-n5[c-][n+]6c7c(cc(-c8ccc9oc%10ccccc%10c9c8)cc75)-c5ccccc5-c5ccc(-n7c8ccccc8c8ccccc87)cc5-c5cccc(C(C)(C)C)c5-6)c4)cc32)c1. The van der Waals surface area contributed by atoms with Crippen molar-refractivity contribution in [3.05, 3.63) is 266 Å². The van der Waals surface area contributed by atoms with E-state index in [-0.39, 0.29) is 10.8 Å². The van der Waals surface area contributed by atoms with Crippen molar-refractivity contribution in [2.75, 3.05) is 0 Å². The molecular formula is C80H59N5O2. The van der Waals surface area contributed by atoms with Gasteiger partial charge < -0.3 is 13.7 Å². The Bertz CT molecular complexity index is 5480. The first kappa shape index (κ1) is 50.7. The van der Waals surface area contributed by atoms with E-state index < -0.39 is 0 Å². The van der Waals surface area contributed by atoms with Crippen LogP contribution in [0.5, 0.6) is 11.5 Å². The lowest BCUT2D eigenvalue weighted by atomic mass is 9.82. The topological polar surface area (TPSA) is 53.9 Å². The molecular weight excluding hydrogens is 1060 g/mol. The summed E-state index contributed by atoms with van der Waals surface area (Å²) in [5.74, 6) is 2.30. The molecule has 11 aromatic carbocycles. The zero-order valence-electron chi connectivity index (χ0n) is 49.2. The van der Waals surface area contributed by atoms with Gasteiger partial charge in [0.25, 0.3) is 6.33 Å². The number of para-hydroxylation sites is 5. The van der Waals surface area contributed by atoms with Gasteiger partial charge in [0, 0.05) is 50.3 Å². The maximum atomic E-state index is 7.04. The smallest absolute Gasteiger partial charge is 0.269 e. The van der Waals surface area contributed by atoms with E-state index in [9.17, 15) is 0 Å². The first-order chi connectivity index (χ1) is 42.4. The molecule has 6 heterocycles. The highest BCUT2D eigenvalue weighted by Crippen LogP contribution is 2.48. The monoisotopic (exact) mass is 1120 g/mol. The summed E-state index contributed by atoms with van der Waals surface area (Å²) < 4.78 is 22.8. The van der Waals surface area contributed by atoms with Crippen molar-refractivity contribution in [2.24, 2.45) is 0 Å². The molecule has 16 aromatic rings. The van der Waals surface area contributed by atoms with Gasteiger partial charge in [0.05, 0.1) is 44.5 Å². The molecule has 0 radical (unpaired) electrons. The van der Waals surface area contributed by atoms with Crippen LogP contribution in [0.3, 0.4) is 0 Å². The number of pyridine rings is 1. The van der Waals surface area contributed by atoms with Crippen LogP contribution in [0.2, 0.25) is 0 Å². The van der Waals surface area contributed by atoms with E-state index in [4.69, 9.17) is 14.1 Å². The zero-order valence-corrected chi connectivity index (χ0v) is 49.2. The Morgan fingerprint density at radius 2 is 1.03 bits per heavy atom. The number of hydrogen-bond acceptors (Lipinski definition) is 3. The van der Waals surface area contributed by atoms with Crippen LogP contribution < -0.4 is 9.30 Å². The van der Waals surface area contributed by atoms with Gasteiger partial charge in [-0.05, 0) is 164 Å². The molecule has 17 rings (SSSR count). The fourth-order valence-corrected chi connectivity index (χ4v) is 13.8. The van der Waals surface area contributed by atoms with E-state index in [1.165, 1.54) is 32.9 Å². The van der Waals surface area contributed by atoms with Crippen molar-refractivity contribution >= 4 is 76.6 Å². The van der Waals surface area contributed by atoms with E-state index in [2.05, 4.69) is 291 Å². The van der Waals surface area contributed by atoms with E-state index in [1.807, 2.05) is 24.4 Å². The van der Waals surface area contributed by atoms with Crippen LogP contribution in [0.1, 0.15) is 52.7 Å². The molecule has 0 unspecified atom stereocenters. The average Bonchev–Trinajstić information content (AvgIpc) is 1.63. The number of imidazole rings is 1. The molecule has 0 N–H and O–H groups in total. The molecule has 87 heavy (non-hydrogen) atoms. The van der Waals surface area contributed by atoms with Crippen molar-refractivity contribution in [2.45, 2.75) is 52.4 Å². The van der Waals surface area contributed by atoms with Crippen LogP contribution in [0.15, 0.2) is 253 Å². The molecule has 0 fully saturated rings. The third kappa shape index (κ3) is 7.96. The Labute approximate surface area is 503 Å². The van der Waals surface area contributed by atoms with Crippen LogP contribution in [-0.4, -0.2) is 18.7 Å². The molecule has 416 valence electrons. The first-order valence-corrected chi connectivity index (χ1v) is 30.0. The number of aromatic nitrogens is 5. The molecule has 7 heteroatoms. The van der Waals surface area contributed by atoms with Gasteiger partial charge in [0.2, 0.25) is 0 Å². The molecule has 0 atom stereocenters.